The fourth-order valence-corrected chi connectivity index (χ4v) is 11.0. The van der Waals surface area contributed by atoms with Crippen LogP contribution in [0, 0.1) is 45.8 Å². The van der Waals surface area contributed by atoms with E-state index in [4.69, 9.17) is 9.16 Å². The van der Waals surface area contributed by atoms with Crippen molar-refractivity contribution in [2.24, 2.45) is 45.8 Å². The highest BCUT2D eigenvalue weighted by atomic mass is 28.4. The van der Waals surface area contributed by atoms with Crippen molar-refractivity contribution in [3.8, 4) is 0 Å². The largest absolute Gasteiger partial charge is 0.465 e. The molecule has 0 aromatic heterocycles. The van der Waals surface area contributed by atoms with Crippen LogP contribution in [-0.4, -0.2) is 27.0 Å². The van der Waals surface area contributed by atoms with Crippen LogP contribution in [0.3, 0.4) is 0 Å². The summed E-state index contributed by atoms with van der Waals surface area (Å²) in [5, 5.41) is 0.293. The van der Waals surface area contributed by atoms with E-state index in [-0.39, 0.29) is 5.97 Å². The van der Waals surface area contributed by atoms with Crippen LogP contribution in [0.15, 0.2) is 11.1 Å². The summed E-state index contributed by atoms with van der Waals surface area (Å²) >= 11 is 0. The number of allylic oxidation sites excluding steroid dienone is 2. The lowest BCUT2D eigenvalue weighted by Crippen LogP contribution is -2.51. The van der Waals surface area contributed by atoms with Gasteiger partial charge in [-0.3, -0.25) is 4.79 Å². The Morgan fingerprint density at radius 3 is 2.29 bits per heavy atom. The van der Waals surface area contributed by atoms with Crippen molar-refractivity contribution >= 4 is 14.3 Å². The Balaban J connectivity index is 1.35. The van der Waals surface area contributed by atoms with Crippen molar-refractivity contribution in [1.29, 1.82) is 0 Å². The molecule has 4 heteroatoms. The maximum atomic E-state index is 12.2. The standard InChI is InChI=1S/C38H68O3Si/c1-26(25-40-34(39)35(3,4)5)14-13-15-27(2)31-18-19-32-30-17-16-28-24-29(41-42(11,12)36(6,7)8)20-22-37(28,9)33(30)21-23-38(31,32)10/h26-29,31,33H,13-25H2,1-12H3/t26-,27+,28-,29-,31+,33-,37-,38+/m0/s1. The molecule has 42 heavy (non-hydrogen) atoms. The number of rotatable bonds is 9. The molecule has 0 spiro atoms. The van der Waals surface area contributed by atoms with Gasteiger partial charge in [0.1, 0.15) is 0 Å². The predicted octanol–water partition coefficient (Wildman–Crippen LogP) is 11.1. The normalized spacial score (nSPS) is 35.2. The Morgan fingerprint density at radius 2 is 1.64 bits per heavy atom. The van der Waals surface area contributed by atoms with Crippen molar-refractivity contribution in [3.63, 3.8) is 0 Å². The van der Waals surface area contributed by atoms with Crippen LogP contribution in [0.1, 0.15) is 146 Å². The van der Waals surface area contributed by atoms with Crippen LogP contribution in [0.2, 0.25) is 18.1 Å². The third-order valence-electron chi connectivity index (χ3n) is 13.4. The molecule has 4 aliphatic rings. The van der Waals surface area contributed by atoms with Gasteiger partial charge in [-0.2, -0.15) is 0 Å². The third kappa shape index (κ3) is 6.80. The van der Waals surface area contributed by atoms with Crippen molar-refractivity contribution in [1.82, 2.24) is 0 Å². The first kappa shape index (κ1) is 34.3. The Hall–Kier alpha value is -0.613. The van der Waals surface area contributed by atoms with E-state index in [1.165, 1.54) is 70.6 Å². The van der Waals surface area contributed by atoms with Crippen LogP contribution in [-0.2, 0) is 14.0 Å². The van der Waals surface area contributed by atoms with E-state index in [0.717, 1.165) is 30.1 Å². The first-order chi connectivity index (χ1) is 19.3. The van der Waals surface area contributed by atoms with Gasteiger partial charge < -0.3 is 9.16 Å². The lowest BCUT2D eigenvalue weighted by Gasteiger charge is -2.57. The Bertz CT molecular complexity index is 999. The first-order valence-electron chi connectivity index (χ1n) is 17.9. The number of carbonyl (C=O) groups is 1. The molecule has 0 saturated heterocycles. The Labute approximate surface area is 261 Å². The molecule has 4 rings (SSSR count). The summed E-state index contributed by atoms with van der Waals surface area (Å²) in [4.78, 5) is 12.2. The Morgan fingerprint density at radius 1 is 0.952 bits per heavy atom. The molecule has 0 heterocycles. The minimum atomic E-state index is -1.72. The molecule has 3 fully saturated rings. The van der Waals surface area contributed by atoms with Gasteiger partial charge in [0.25, 0.3) is 0 Å². The van der Waals surface area contributed by atoms with Gasteiger partial charge >= 0.3 is 5.97 Å². The van der Waals surface area contributed by atoms with Crippen molar-refractivity contribution in [3.05, 3.63) is 11.1 Å². The second-order valence-corrected chi connectivity index (χ2v) is 23.3. The summed E-state index contributed by atoms with van der Waals surface area (Å²) in [6.45, 7) is 28.5. The zero-order chi connectivity index (χ0) is 31.3. The molecule has 0 bridgehead atoms. The summed E-state index contributed by atoms with van der Waals surface area (Å²) in [6, 6.07) is 0. The van der Waals surface area contributed by atoms with Crippen LogP contribution in [0.4, 0.5) is 0 Å². The SMILES string of the molecule is C[C@@H](CCC[C@@H](C)[C@H]1CCC2=C3CC[C@H]4C[C@@H](O[Si](C)(C)C(C)(C)C)CC[C@]4(C)[C@H]3CC[C@@]21C)COC(=O)C(C)(C)C. The van der Waals surface area contributed by atoms with E-state index in [1.807, 2.05) is 31.9 Å². The van der Waals surface area contributed by atoms with E-state index in [0.29, 0.717) is 34.5 Å². The van der Waals surface area contributed by atoms with Gasteiger partial charge in [-0.05, 0) is 144 Å². The first-order valence-corrected chi connectivity index (χ1v) is 20.8. The molecule has 0 aromatic carbocycles. The van der Waals surface area contributed by atoms with Gasteiger partial charge in [0, 0.05) is 6.10 Å². The highest BCUT2D eigenvalue weighted by Crippen LogP contribution is 2.66. The summed E-state index contributed by atoms with van der Waals surface area (Å²) < 4.78 is 12.6. The molecular weight excluding hydrogens is 533 g/mol. The van der Waals surface area contributed by atoms with Crippen molar-refractivity contribution in [2.75, 3.05) is 6.61 Å². The van der Waals surface area contributed by atoms with Gasteiger partial charge in [0.05, 0.1) is 12.0 Å². The van der Waals surface area contributed by atoms with E-state index in [2.05, 4.69) is 61.6 Å². The minimum absolute atomic E-state index is 0.0758. The van der Waals surface area contributed by atoms with Crippen LogP contribution in [0.25, 0.3) is 0 Å². The molecule has 3 saturated carbocycles. The van der Waals surface area contributed by atoms with E-state index in [9.17, 15) is 4.79 Å². The van der Waals surface area contributed by atoms with Gasteiger partial charge in [0.2, 0.25) is 0 Å². The van der Waals surface area contributed by atoms with Crippen molar-refractivity contribution < 1.29 is 14.0 Å². The zero-order valence-corrected chi connectivity index (χ0v) is 30.9. The van der Waals surface area contributed by atoms with Gasteiger partial charge in [-0.25, -0.2) is 0 Å². The molecule has 0 aliphatic heterocycles. The van der Waals surface area contributed by atoms with Crippen LogP contribution < -0.4 is 0 Å². The Kier molecular flexibility index (Phi) is 10.0. The minimum Gasteiger partial charge on any atom is -0.465 e. The smallest absolute Gasteiger partial charge is 0.311 e. The number of fused-ring (bicyclic) bond motifs is 4. The zero-order valence-electron chi connectivity index (χ0n) is 29.9. The van der Waals surface area contributed by atoms with Gasteiger partial charge in [-0.15, -0.1) is 0 Å². The maximum absolute atomic E-state index is 12.2. The molecule has 8 atom stereocenters. The number of hydrogen-bond acceptors (Lipinski definition) is 3. The molecule has 0 amide bonds. The highest BCUT2D eigenvalue weighted by Gasteiger charge is 2.56. The fourth-order valence-electron chi connectivity index (χ4n) is 9.61. The average molecular weight is 601 g/mol. The summed E-state index contributed by atoms with van der Waals surface area (Å²) in [5.74, 6) is 3.61. The quantitative estimate of drug-likeness (QED) is 0.150. The molecule has 0 radical (unpaired) electrons. The van der Waals surface area contributed by atoms with Crippen LogP contribution in [0.5, 0.6) is 0 Å². The summed E-state index contributed by atoms with van der Waals surface area (Å²) in [5.41, 5.74) is 4.33. The molecule has 0 aromatic rings. The van der Waals surface area contributed by atoms with E-state index < -0.39 is 13.7 Å². The highest BCUT2D eigenvalue weighted by molar-refractivity contribution is 6.74. The van der Waals surface area contributed by atoms with Gasteiger partial charge in [-0.1, -0.05) is 72.5 Å². The molecule has 0 N–H and O–H groups in total. The second-order valence-electron chi connectivity index (χ2n) is 18.5. The fraction of sp³-hybridized carbons (Fsp3) is 0.921. The topological polar surface area (TPSA) is 35.5 Å². The van der Waals surface area contributed by atoms with E-state index >= 15 is 0 Å². The van der Waals surface area contributed by atoms with Gasteiger partial charge in [0.15, 0.2) is 8.32 Å². The number of ether oxygens (including phenoxy) is 1. The number of hydrogen-bond donors (Lipinski definition) is 0. The molecule has 242 valence electrons. The van der Waals surface area contributed by atoms with Crippen LogP contribution >= 0.6 is 0 Å². The average Bonchev–Trinajstić information content (AvgIpc) is 3.23. The maximum Gasteiger partial charge on any atom is 0.311 e. The number of esters is 1. The lowest BCUT2D eigenvalue weighted by molar-refractivity contribution is -0.154. The molecule has 0 unspecified atom stereocenters. The predicted molar refractivity (Wildman–Crippen MR) is 180 cm³/mol. The van der Waals surface area contributed by atoms with E-state index in [1.54, 1.807) is 0 Å². The molecule has 3 nitrogen and oxygen atoms in total. The summed E-state index contributed by atoms with van der Waals surface area (Å²) in [6.07, 6.45) is 16.4. The lowest BCUT2D eigenvalue weighted by atomic mass is 9.49. The van der Waals surface area contributed by atoms with Crippen molar-refractivity contribution in [2.45, 2.75) is 171 Å². The number of carbonyl (C=O) groups excluding carboxylic acids is 1. The summed E-state index contributed by atoms with van der Waals surface area (Å²) in [7, 11) is -1.72. The second kappa shape index (κ2) is 12.3. The molecule has 4 aliphatic carbocycles. The third-order valence-corrected chi connectivity index (χ3v) is 18.0. The monoisotopic (exact) mass is 600 g/mol. The molecular formula is C38H68O3Si.